The van der Waals surface area contributed by atoms with E-state index in [-0.39, 0.29) is 18.1 Å². The molecule has 1 aromatic carbocycles. The largest absolute Gasteiger partial charge is 0.416 e. The van der Waals surface area contributed by atoms with Crippen molar-refractivity contribution < 1.29 is 22.2 Å². The highest BCUT2D eigenvalue weighted by atomic mass is 32.2. The molecule has 6 nitrogen and oxygen atoms in total. The molecule has 168 valence electrons. The van der Waals surface area contributed by atoms with E-state index in [2.05, 4.69) is 5.32 Å². The lowest BCUT2D eigenvalue weighted by Gasteiger charge is -2.38. The summed E-state index contributed by atoms with van der Waals surface area (Å²) in [5, 5.41) is 3.06. The van der Waals surface area contributed by atoms with Gasteiger partial charge in [0.15, 0.2) is 0 Å². The second-order valence-electron chi connectivity index (χ2n) is 7.95. The third-order valence-electron chi connectivity index (χ3n) is 6.02. The van der Waals surface area contributed by atoms with E-state index in [1.165, 1.54) is 12.1 Å². The predicted octanol–water partition coefficient (Wildman–Crippen LogP) is 3.07. The second-order valence-corrected chi connectivity index (χ2v) is 9.32. The highest BCUT2D eigenvalue weighted by molar-refractivity contribution is 7.81. The van der Waals surface area contributed by atoms with Gasteiger partial charge in [0.2, 0.25) is 0 Å². The maximum Gasteiger partial charge on any atom is 0.416 e. The lowest BCUT2D eigenvalue weighted by atomic mass is 10.0. The molecular weight excluding hydrogens is 417 g/mol. The van der Waals surface area contributed by atoms with Crippen LogP contribution in [0.25, 0.3) is 0 Å². The van der Waals surface area contributed by atoms with Crippen LogP contribution in [0.1, 0.15) is 31.2 Å². The zero-order chi connectivity index (χ0) is 21.9. The number of amides is 2. The summed E-state index contributed by atoms with van der Waals surface area (Å²) in [5.74, 6) is 0. The molecule has 1 unspecified atom stereocenters. The topological polar surface area (TPSA) is 55.9 Å². The number of nitrogens with zero attached hydrogens (tertiary/aromatic N) is 3. The molecule has 0 aromatic heterocycles. The summed E-state index contributed by atoms with van der Waals surface area (Å²) in [5.41, 5.74) is -0.0817. The molecule has 0 spiro atoms. The Morgan fingerprint density at radius 3 is 2.33 bits per heavy atom. The molecule has 2 fully saturated rings. The van der Waals surface area contributed by atoms with Gasteiger partial charge in [-0.1, -0.05) is 6.07 Å². The lowest BCUT2D eigenvalue weighted by Crippen LogP contribution is -2.52. The van der Waals surface area contributed by atoms with E-state index in [1.807, 2.05) is 9.21 Å². The zero-order valence-electron chi connectivity index (χ0n) is 17.3. The third-order valence-corrected chi connectivity index (χ3v) is 7.11. The van der Waals surface area contributed by atoms with E-state index in [0.717, 1.165) is 18.9 Å². The maximum atomic E-state index is 12.9. The van der Waals surface area contributed by atoms with E-state index in [4.69, 9.17) is 0 Å². The molecule has 0 aliphatic carbocycles. The number of halogens is 3. The Bertz CT molecular complexity index is 761. The SMILES string of the molecule is CN(C(=O)NC1CCN(c2cccc(C(F)(F)F)c2)CC1)C1CCN(S(C)=O)CC1. The first kappa shape index (κ1) is 22.9. The van der Waals surface area contributed by atoms with E-state index < -0.39 is 22.7 Å². The molecule has 10 heteroatoms. The molecule has 2 aliphatic heterocycles. The fraction of sp³-hybridized carbons (Fsp3) is 0.650. The maximum absolute atomic E-state index is 12.9. The average Bonchev–Trinajstić information content (AvgIpc) is 2.73. The predicted molar refractivity (Wildman–Crippen MR) is 112 cm³/mol. The number of hydrogen-bond donors (Lipinski definition) is 1. The van der Waals surface area contributed by atoms with Gasteiger partial charge < -0.3 is 15.1 Å². The number of nitrogens with one attached hydrogen (secondary N) is 1. The summed E-state index contributed by atoms with van der Waals surface area (Å²) < 4.78 is 52.3. The molecule has 2 amide bonds. The minimum absolute atomic E-state index is 0.00485. The van der Waals surface area contributed by atoms with Crippen LogP contribution in [0, 0.1) is 0 Å². The van der Waals surface area contributed by atoms with Crippen LogP contribution < -0.4 is 10.2 Å². The third kappa shape index (κ3) is 5.66. The average molecular weight is 447 g/mol. The van der Waals surface area contributed by atoms with Gasteiger partial charge in [0, 0.05) is 57.3 Å². The number of piperidine rings is 2. The standard InChI is InChI=1S/C20H29F3N4O2S/c1-25(17-8-12-27(13-9-17)30(2)29)19(28)24-16-6-10-26(11-7-16)18-5-3-4-15(14-18)20(21,22)23/h3-5,14,16-17H,6-13H2,1-2H3,(H,24,28). The number of carbonyl (C=O) groups excluding carboxylic acids is 1. The molecule has 2 aliphatic rings. The number of alkyl halides is 3. The highest BCUT2D eigenvalue weighted by Crippen LogP contribution is 2.32. The van der Waals surface area contributed by atoms with Crippen LogP contribution in [0.4, 0.5) is 23.7 Å². The van der Waals surface area contributed by atoms with Gasteiger partial charge in [0.25, 0.3) is 0 Å². The molecule has 2 saturated heterocycles. The highest BCUT2D eigenvalue weighted by Gasteiger charge is 2.32. The number of urea groups is 1. The van der Waals surface area contributed by atoms with Crippen LogP contribution in [0.15, 0.2) is 24.3 Å². The lowest BCUT2D eigenvalue weighted by molar-refractivity contribution is -0.137. The Morgan fingerprint density at radius 2 is 1.77 bits per heavy atom. The van der Waals surface area contributed by atoms with Crippen molar-refractivity contribution in [1.29, 1.82) is 0 Å². The summed E-state index contributed by atoms with van der Waals surface area (Å²) in [6.45, 7) is 2.61. The number of benzene rings is 1. The van der Waals surface area contributed by atoms with Gasteiger partial charge in [0.05, 0.1) is 16.5 Å². The van der Waals surface area contributed by atoms with Gasteiger partial charge in [0.1, 0.15) is 0 Å². The second kappa shape index (κ2) is 9.55. The van der Waals surface area contributed by atoms with Crippen molar-refractivity contribution in [2.24, 2.45) is 0 Å². The van der Waals surface area contributed by atoms with Crippen LogP contribution in [0.2, 0.25) is 0 Å². The summed E-state index contributed by atoms with van der Waals surface area (Å²) in [6.07, 6.45) is 0.263. The summed E-state index contributed by atoms with van der Waals surface area (Å²) in [6, 6.07) is 5.39. The van der Waals surface area contributed by atoms with Gasteiger partial charge >= 0.3 is 12.2 Å². The van der Waals surface area contributed by atoms with Crippen molar-refractivity contribution in [1.82, 2.24) is 14.5 Å². The number of hydrogen-bond acceptors (Lipinski definition) is 3. The van der Waals surface area contributed by atoms with E-state index in [0.29, 0.717) is 44.7 Å². The molecule has 0 radical (unpaired) electrons. The zero-order valence-corrected chi connectivity index (χ0v) is 18.1. The Labute approximate surface area is 178 Å². The first-order chi connectivity index (χ1) is 14.1. The van der Waals surface area contributed by atoms with Crippen LogP contribution in [-0.4, -0.2) is 71.0 Å². The molecular formula is C20H29F3N4O2S. The fourth-order valence-electron chi connectivity index (χ4n) is 4.09. The van der Waals surface area contributed by atoms with Crippen molar-refractivity contribution in [2.45, 2.75) is 43.9 Å². The Kier molecular flexibility index (Phi) is 7.28. The molecule has 1 N–H and O–H groups in total. The van der Waals surface area contributed by atoms with Crippen molar-refractivity contribution in [3.8, 4) is 0 Å². The molecule has 2 heterocycles. The van der Waals surface area contributed by atoms with Crippen molar-refractivity contribution in [2.75, 3.05) is 44.4 Å². The van der Waals surface area contributed by atoms with E-state index in [9.17, 15) is 22.2 Å². The van der Waals surface area contributed by atoms with Gasteiger partial charge in [-0.05, 0) is 43.9 Å². The molecule has 1 atom stereocenters. The minimum Gasteiger partial charge on any atom is -0.371 e. The smallest absolute Gasteiger partial charge is 0.371 e. The van der Waals surface area contributed by atoms with Crippen LogP contribution >= 0.6 is 0 Å². The number of carbonyl (C=O) groups is 1. The van der Waals surface area contributed by atoms with E-state index >= 15 is 0 Å². The molecule has 0 saturated carbocycles. The van der Waals surface area contributed by atoms with Crippen molar-refractivity contribution in [3.63, 3.8) is 0 Å². The number of anilines is 1. The summed E-state index contributed by atoms with van der Waals surface area (Å²) >= 11 is 0. The normalized spacial score (nSPS) is 20.8. The molecule has 1 aromatic rings. The van der Waals surface area contributed by atoms with Crippen molar-refractivity contribution in [3.05, 3.63) is 29.8 Å². The fourth-order valence-corrected chi connectivity index (χ4v) is 4.81. The molecule has 0 bridgehead atoms. The van der Waals surface area contributed by atoms with Crippen LogP contribution in [-0.2, 0) is 17.2 Å². The van der Waals surface area contributed by atoms with E-state index in [1.54, 1.807) is 24.3 Å². The molecule has 3 rings (SSSR count). The van der Waals surface area contributed by atoms with Gasteiger partial charge in [-0.3, -0.25) is 0 Å². The first-order valence-corrected chi connectivity index (χ1v) is 11.7. The Balaban J connectivity index is 1.48. The van der Waals surface area contributed by atoms with Gasteiger partial charge in [-0.25, -0.2) is 13.3 Å². The summed E-state index contributed by atoms with van der Waals surface area (Å²) in [7, 11) is 0.813. The van der Waals surface area contributed by atoms with Gasteiger partial charge in [-0.15, -0.1) is 0 Å². The quantitative estimate of drug-likeness (QED) is 0.774. The first-order valence-electron chi connectivity index (χ1n) is 10.2. The Hall–Kier alpha value is -1.81. The minimum atomic E-state index is -4.35. The van der Waals surface area contributed by atoms with Crippen molar-refractivity contribution >= 4 is 22.7 Å². The van der Waals surface area contributed by atoms with Crippen LogP contribution in [0.5, 0.6) is 0 Å². The monoisotopic (exact) mass is 446 g/mol. The Morgan fingerprint density at radius 1 is 1.13 bits per heavy atom. The van der Waals surface area contributed by atoms with Crippen LogP contribution in [0.3, 0.4) is 0 Å². The number of rotatable bonds is 4. The summed E-state index contributed by atoms with van der Waals surface area (Å²) in [4.78, 5) is 16.3. The molecule has 30 heavy (non-hydrogen) atoms. The van der Waals surface area contributed by atoms with Gasteiger partial charge in [-0.2, -0.15) is 13.2 Å².